The first kappa shape index (κ1) is 18.2. The molecule has 0 N–H and O–H groups in total. The van der Waals surface area contributed by atoms with Crippen molar-refractivity contribution in [2.24, 2.45) is 0 Å². The van der Waals surface area contributed by atoms with Gasteiger partial charge in [0.05, 0.1) is 20.3 Å². The van der Waals surface area contributed by atoms with Crippen LogP contribution in [0.25, 0.3) is 0 Å². The van der Waals surface area contributed by atoms with Gasteiger partial charge < -0.3 is 14.2 Å². The van der Waals surface area contributed by atoms with Crippen molar-refractivity contribution in [1.29, 1.82) is 0 Å². The van der Waals surface area contributed by atoms with Crippen LogP contribution in [0.2, 0.25) is 0 Å². The maximum Gasteiger partial charge on any atom is 0.323 e. The first-order valence-corrected chi connectivity index (χ1v) is 8.89. The van der Waals surface area contributed by atoms with Gasteiger partial charge in [0.2, 0.25) is 0 Å². The Morgan fingerprint density at radius 3 is 2.33 bits per heavy atom. The second-order valence-corrected chi connectivity index (χ2v) is 6.15. The SMILES string of the molecule is CCOC(=O)C(SCCOc1ccc(OC)cc1)c1ccccc1. The molecule has 0 spiro atoms. The summed E-state index contributed by atoms with van der Waals surface area (Å²) in [4.78, 5) is 12.2. The molecule has 1 atom stereocenters. The molecule has 0 aliphatic heterocycles. The third-order valence-corrected chi connectivity index (χ3v) is 4.50. The number of carbonyl (C=O) groups excluding carboxylic acids is 1. The van der Waals surface area contributed by atoms with E-state index in [2.05, 4.69) is 0 Å². The molecule has 0 aliphatic carbocycles. The number of esters is 1. The van der Waals surface area contributed by atoms with Crippen LogP contribution in [-0.2, 0) is 9.53 Å². The molecule has 24 heavy (non-hydrogen) atoms. The largest absolute Gasteiger partial charge is 0.497 e. The van der Waals surface area contributed by atoms with E-state index in [-0.39, 0.29) is 11.2 Å². The molecule has 5 heteroatoms. The zero-order chi connectivity index (χ0) is 17.2. The van der Waals surface area contributed by atoms with Crippen molar-refractivity contribution in [3.8, 4) is 11.5 Å². The van der Waals surface area contributed by atoms with Crippen LogP contribution in [0.1, 0.15) is 17.7 Å². The van der Waals surface area contributed by atoms with Gasteiger partial charge in [-0.3, -0.25) is 4.79 Å². The van der Waals surface area contributed by atoms with Gasteiger partial charge in [-0.15, -0.1) is 11.8 Å². The minimum Gasteiger partial charge on any atom is -0.497 e. The number of rotatable bonds is 9. The molecule has 0 saturated carbocycles. The number of benzene rings is 2. The van der Waals surface area contributed by atoms with Gasteiger partial charge in [-0.2, -0.15) is 0 Å². The third-order valence-electron chi connectivity index (χ3n) is 3.30. The van der Waals surface area contributed by atoms with E-state index in [0.717, 1.165) is 17.1 Å². The maximum atomic E-state index is 12.2. The zero-order valence-electron chi connectivity index (χ0n) is 13.9. The molecule has 0 amide bonds. The average Bonchev–Trinajstić information content (AvgIpc) is 2.63. The van der Waals surface area contributed by atoms with E-state index in [1.165, 1.54) is 11.8 Å². The maximum absolute atomic E-state index is 12.2. The van der Waals surface area contributed by atoms with E-state index in [0.29, 0.717) is 19.0 Å². The van der Waals surface area contributed by atoms with Gasteiger partial charge in [-0.1, -0.05) is 30.3 Å². The molecule has 0 fully saturated rings. The summed E-state index contributed by atoms with van der Waals surface area (Å²) in [7, 11) is 1.63. The Morgan fingerprint density at radius 1 is 1.04 bits per heavy atom. The monoisotopic (exact) mass is 346 g/mol. The molecule has 4 nitrogen and oxygen atoms in total. The van der Waals surface area contributed by atoms with E-state index in [4.69, 9.17) is 14.2 Å². The van der Waals surface area contributed by atoms with Gasteiger partial charge in [0, 0.05) is 5.75 Å². The van der Waals surface area contributed by atoms with Crippen molar-refractivity contribution in [2.75, 3.05) is 26.1 Å². The van der Waals surface area contributed by atoms with Crippen LogP contribution in [0.15, 0.2) is 54.6 Å². The molecule has 2 aromatic rings. The van der Waals surface area contributed by atoms with Crippen LogP contribution in [-0.4, -0.2) is 32.0 Å². The summed E-state index contributed by atoms with van der Waals surface area (Å²) >= 11 is 1.53. The molecule has 2 aromatic carbocycles. The highest BCUT2D eigenvalue weighted by Crippen LogP contribution is 2.30. The van der Waals surface area contributed by atoms with E-state index < -0.39 is 0 Å². The smallest absolute Gasteiger partial charge is 0.323 e. The lowest BCUT2D eigenvalue weighted by atomic mass is 10.1. The fourth-order valence-corrected chi connectivity index (χ4v) is 3.11. The van der Waals surface area contributed by atoms with Gasteiger partial charge in [-0.05, 0) is 36.8 Å². The predicted octanol–water partition coefficient (Wildman–Crippen LogP) is 4.11. The summed E-state index contributed by atoms with van der Waals surface area (Å²) in [6.45, 7) is 2.71. The molecular formula is C19H22O4S. The Balaban J connectivity index is 1.87. The zero-order valence-corrected chi connectivity index (χ0v) is 14.8. The standard InChI is InChI=1S/C19H22O4S/c1-3-22-19(20)18(15-7-5-4-6-8-15)24-14-13-23-17-11-9-16(21-2)10-12-17/h4-12,18H,3,13-14H2,1-2H3. The fraction of sp³-hybridized carbons (Fsp3) is 0.316. The topological polar surface area (TPSA) is 44.8 Å². The molecule has 0 aromatic heterocycles. The minimum atomic E-state index is -0.328. The lowest BCUT2D eigenvalue weighted by molar-refractivity contribution is -0.142. The summed E-state index contributed by atoms with van der Waals surface area (Å²) < 4.78 is 16.0. The third kappa shape index (κ3) is 5.49. The summed E-state index contributed by atoms with van der Waals surface area (Å²) in [6, 6.07) is 17.1. The van der Waals surface area contributed by atoms with Gasteiger partial charge in [0.15, 0.2) is 0 Å². The highest BCUT2D eigenvalue weighted by molar-refractivity contribution is 8.00. The van der Waals surface area contributed by atoms with Crippen molar-refractivity contribution in [3.05, 3.63) is 60.2 Å². The van der Waals surface area contributed by atoms with E-state index in [9.17, 15) is 4.79 Å². The van der Waals surface area contributed by atoms with E-state index in [1.807, 2.05) is 61.5 Å². The van der Waals surface area contributed by atoms with Crippen LogP contribution in [0.5, 0.6) is 11.5 Å². The number of hydrogen-bond donors (Lipinski definition) is 0. The Labute approximate surface area is 147 Å². The van der Waals surface area contributed by atoms with Gasteiger partial charge in [-0.25, -0.2) is 0 Å². The molecular weight excluding hydrogens is 324 g/mol. The van der Waals surface area contributed by atoms with Crippen molar-refractivity contribution in [3.63, 3.8) is 0 Å². The van der Waals surface area contributed by atoms with Crippen LogP contribution in [0.3, 0.4) is 0 Å². The van der Waals surface area contributed by atoms with Gasteiger partial charge >= 0.3 is 5.97 Å². The van der Waals surface area contributed by atoms with Crippen LogP contribution < -0.4 is 9.47 Å². The van der Waals surface area contributed by atoms with E-state index >= 15 is 0 Å². The molecule has 0 heterocycles. The predicted molar refractivity (Wildman–Crippen MR) is 96.8 cm³/mol. The summed E-state index contributed by atoms with van der Waals surface area (Å²) in [5, 5.41) is -0.328. The Hall–Kier alpha value is -2.14. The quantitative estimate of drug-likeness (QED) is 0.505. The summed E-state index contributed by atoms with van der Waals surface area (Å²) in [5.41, 5.74) is 0.949. The number of hydrogen-bond acceptors (Lipinski definition) is 5. The number of thioether (sulfide) groups is 1. The Bertz CT molecular complexity index is 613. The number of methoxy groups -OCH3 is 1. The van der Waals surface area contributed by atoms with Crippen molar-refractivity contribution < 1.29 is 19.0 Å². The Morgan fingerprint density at radius 2 is 1.71 bits per heavy atom. The van der Waals surface area contributed by atoms with Crippen LogP contribution in [0.4, 0.5) is 0 Å². The van der Waals surface area contributed by atoms with Crippen molar-refractivity contribution >= 4 is 17.7 Å². The molecule has 128 valence electrons. The van der Waals surface area contributed by atoms with E-state index in [1.54, 1.807) is 7.11 Å². The highest BCUT2D eigenvalue weighted by atomic mass is 32.2. The number of carbonyl (C=O) groups is 1. The fourth-order valence-electron chi connectivity index (χ4n) is 2.14. The lowest BCUT2D eigenvalue weighted by Crippen LogP contribution is -2.15. The lowest BCUT2D eigenvalue weighted by Gasteiger charge is -2.16. The van der Waals surface area contributed by atoms with Crippen molar-refractivity contribution in [1.82, 2.24) is 0 Å². The van der Waals surface area contributed by atoms with Gasteiger partial charge in [0.1, 0.15) is 16.7 Å². The minimum absolute atomic E-state index is 0.210. The van der Waals surface area contributed by atoms with Crippen molar-refractivity contribution in [2.45, 2.75) is 12.2 Å². The average molecular weight is 346 g/mol. The molecule has 0 radical (unpaired) electrons. The molecule has 0 bridgehead atoms. The highest BCUT2D eigenvalue weighted by Gasteiger charge is 2.22. The first-order valence-electron chi connectivity index (χ1n) is 7.84. The molecule has 1 unspecified atom stereocenters. The Kier molecular flexibility index (Phi) is 7.49. The number of ether oxygens (including phenoxy) is 3. The normalized spacial score (nSPS) is 11.6. The molecule has 0 saturated heterocycles. The summed E-state index contributed by atoms with van der Waals surface area (Å²) in [6.07, 6.45) is 0. The van der Waals surface area contributed by atoms with Crippen LogP contribution in [0, 0.1) is 0 Å². The molecule has 0 aliphatic rings. The summed E-state index contributed by atoms with van der Waals surface area (Å²) in [5.74, 6) is 2.05. The second-order valence-electron chi connectivity index (χ2n) is 4.94. The first-order chi connectivity index (χ1) is 11.7. The second kappa shape index (κ2) is 9.88. The van der Waals surface area contributed by atoms with Gasteiger partial charge in [0.25, 0.3) is 0 Å². The van der Waals surface area contributed by atoms with Crippen LogP contribution >= 0.6 is 11.8 Å². The molecule has 2 rings (SSSR count).